The monoisotopic (exact) mass is 675 g/mol. The first-order valence-electron chi connectivity index (χ1n) is 12.9. The zero-order valence-electron chi connectivity index (χ0n) is 22.4. The highest BCUT2D eigenvalue weighted by atomic mass is 32.5. The van der Waals surface area contributed by atoms with Crippen molar-refractivity contribution in [3.8, 4) is 0 Å². The van der Waals surface area contributed by atoms with Crippen molar-refractivity contribution in [2.45, 2.75) is 55.6 Å². The summed E-state index contributed by atoms with van der Waals surface area (Å²) >= 11 is 5.19. The molecule has 2 unspecified atom stereocenters. The zero-order valence-corrected chi connectivity index (χ0v) is 25.0. The van der Waals surface area contributed by atoms with Gasteiger partial charge in [-0.3, -0.25) is 13.7 Å². The van der Waals surface area contributed by atoms with Crippen LogP contribution >= 0.6 is 15.0 Å². The Morgan fingerprint density at radius 1 is 1.02 bits per heavy atom. The Hall–Kier alpha value is -2.97. The summed E-state index contributed by atoms with van der Waals surface area (Å²) in [6, 6.07) is 0. The van der Waals surface area contributed by atoms with E-state index < -0.39 is 76.9 Å². The summed E-state index contributed by atoms with van der Waals surface area (Å²) in [5, 5.41) is 0. The Bertz CT molecular complexity index is 1820. The van der Waals surface area contributed by atoms with Crippen LogP contribution in [-0.4, -0.2) is 93.4 Å². The largest absolute Gasteiger partial charge is 0.697 e. The van der Waals surface area contributed by atoms with Gasteiger partial charge in [0.15, 0.2) is 53.3 Å². The summed E-state index contributed by atoms with van der Waals surface area (Å²) in [7, 11) is -3.02. The molecule has 3 aliphatic heterocycles. The molecule has 10 atom stereocenters. The molecule has 0 bridgehead atoms. The number of alkyl halides is 2. The van der Waals surface area contributed by atoms with Crippen LogP contribution in [0.4, 0.5) is 20.4 Å². The third kappa shape index (κ3) is 4.93. The van der Waals surface area contributed by atoms with E-state index in [2.05, 4.69) is 29.9 Å². The fraction of sp³-hybridized carbons (Fsp3) is 0.524. The quantitative estimate of drug-likeness (QED) is 0.255. The van der Waals surface area contributed by atoms with Crippen molar-refractivity contribution in [2.24, 2.45) is 0 Å². The van der Waals surface area contributed by atoms with E-state index in [9.17, 15) is 9.46 Å². The Morgan fingerprint density at radius 2 is 1.66 bits per heavy atom. The molecule has 23 heteroatoms. The zero-order chi connectivity index (χ0) is 31.0. The summed E-state index contributed by atoms with van der Waals surface area (Å²) < 4.78 is 81.6. The smallest absolute Gasteiger partial charge is 0.382 e. The van der Waals surface area contributed by atoms with Crippen LogP contribution in [0, 0.1) is 0 Å². The second-order valence-electron chi connectivity index (χ2n) is 10.2. The van der Waals surface area contributed by atoms with E-state index in [0.29, 0.717) is 0 Å². The molecule has 3 saturated heterocycles. The van der Waals surface area contributed by atoms with Crippen LogP contribution in [0.15, 0.2) is 25.3 Å². The third-order valence-corrected chi connectivity index (χ3v) is 9.77. The number of ether oxygens (including phenoxy) is 2. The van der Waals surface area contributed by atoms with Crippen LogP contribution in [-0.2, 0) is 43.9 Å². The molecule has 5 N–H and O–H groups in total. The Morgan fingerprint density at radius 3 is 2.34 bits per heavy atom. The molecule has 0 saturated carbocycles. The van der Waals surface area contributed by atoms with Crippen molar-refractivity contribution in [3.05, 3.63) is 25.3 Å². The first-order valence-corrected chi connectivity index (χ1v) is 16.6. The minimum absolute atomic E-state index is 0.0617. The number of nitrogens with two attached hydrogens (primary N) is 2. The van der Waals surface area contributed by atoms with Gasteiger partial charge in [0, 0.05) is 4.57 Å². The van der Waals surface area contributed by atoms with E-state index in [1.807, 2.05) is 0 Å². The van der Waals surface area contributed by atoms with Gasteiger partial charge >= 0.3 is 15.0 Å². The van der Waals surface area contributed by atoms with E-state index in [0.717, 1.165) is 6.92 Å². The van der Waals surface area contributed by atoms with Crippen molar-refractivity contribution in [2.75, 3.05) is 24.7 Å². The van der Waals surface area contributed by atoms with Crippen LogP contribution < -0.4 is 11.5 Å². The first kappa shape index (κ1) is 29.7. The normalized spacial score (nSPS) is 37.5. The highest BCUT2D eigenvalue weighted by molar-refractivity contribution is 8.07. The van der Waals surface area contributed by atoms with Gasteiger partial charge in [0.25, 0.3) is 0 Å². The Kier molecular flexibility index (Phi) is 7.32. The number of halogens is 2. The van der Waals surface area contributed by atoms with Crippen molar-refractivity contribution < 1.29 is 45.8 Å². The van der Waals surface area contributed by atoms with Gasteiger partial charge in [0.1, 0.15) is 48.6 Å². The van der Waals surface area contributed by atoms with Crippen molar-refractivity contribution in [3.63, 3.8) is 0 Å². The average molecular weight is 675 g/mol. The van der Waals surface area contributed by atoms with Crippen LogP contribution in [0.1, 0.15) is 19.4 Å². The van der Waals surface area contributed by atoms with Crippen LogP contribution in [0.3, 0.4) is 0 Å². The molecule has 0 aromatic carbocycles. The Balaban J connectivity index is 1.16. The van der Waals surface area contributed by atoms with Crippen molar-refractivity contribution in [1.29, 1.82) is 0 Å². The highest BCUT2D eigenvalue weighted by Crippen LogP contribution is 2.54. The number of aromatic nitrogens is 8. The second kappa shape index (κ2) is 10.8. The van der Waals surface area contributed by atoms with Crippen LogP contribution in [0.25, 0.3) is 22.3 Å². The molecule has 234 valence electrons. The average Bonchev–Trinajstić information content (AvgIpc) is 3.72. The number of nitrogens with zero attached hydrogens (tertiary/aromatic N) is 8. The molecule has 4 aromatic heterocycles. The van der Waals surface area contributed by atoms with Gasteiger partial charge < -0.3 is 30.4 Å². The number of fused-ring (bicyclic) bond motifs is 4. The van der Waals surface area contributed by atoms with Crippen LogP contribution in [0.5, 0.6) is 0 Å². The molecule has 3 fully saturated rings. The lowest BCUT2D eigenvalue weighted by Crippen LogP contribution is -2.42. The lowest BCUT2D eigenvalue weighted by Gasteiger charge is -2.30. The molecule has 0 amide bonds. The van der Waals surface area contributed by atoms with Gasteiger partial charge in [-0.15, -0.1) is 9.05 Å². The van der Waals surface area contributed by atoms with Gasteiger partial charge in [-0.25, -0.2) is 38.7 Å². The molecular weight excluding hydrogens is 652 g/mol. The minimum Gasteiger partial charge on any atom is -0.382 e. The maximum Gasteiger partial charge on any atom is 0.697 e. The van der Waals surface area contributed by atoms with E-state index >= 15 is 8.78 Å². The number of imidazole rings is 2. The molecule has 18 nitrogen and oxygen atoms in total. The highest BCUT2D eigenvalue weighted by Gasteiger charge is 2.60. The lowest BCUT2D eigenvalue weighted by atomic mass is 9.98. The topological polar surface area (TPSA) is 232 Å². The molecule has 4 aromatic rings. The summed E-state index contributed by atoms with van der Waals surface area (Å²) in [6.45, 7) is -4.27. The first-order chi connectivity index (χ1) is 20.9. The van der Waals surface area contributed by atoms with E-state index in [-0.39, 0.29) is 34.0 Å². The third-order valence-electron chi connectivity index (χ3n) is 7.45. The number of nitrogen functional groups attached to an aromatic ring is 2. The maximum absolute atomic E-state index is 16.6. The second-order valence-corrected chi connectivity index (χ2v) is 13.9. The predicted octanol–water partition coefficient (Wildman–Crippen LogP) is 1.38. The van der Waals surface area contributed by atoms with Gasteiger partial charge in [-0.2, -0.15) is 0 Å². The van der Waals surface area contributed by atoms with E-state index in [4.69, 9.17) is 50.8 Å². The van der Waals surface area contributed by atoms with E-state index in [1.54, 1.807) is 0 Å². The van der Waals surface area contributed by atoms with Crippen molar-refractivity contribution >= 4 is 60.7 Å². The standard InChI is InChI=1S/C21H22F2N10O8P2S/c1-21(23)14-9(39-20(21)33-7-31-12-16(25)27-5-29-18(12)33)2-36-42(34)40-13-8(3-37-43(35,44)41-14)38-19(10(13)22)32-6-30-11-15(24)26-4-28-17(11)32/h4-10,13-14,19-20H,2-3H2,1H3,(H4-,24,25,26,27,28,29,35,44)/p+1/t8-,9-,10-,13-,14-,19-,20-,21-,43?/m1/s1. The fourth-order valence-electron chi connectivity index (χ4n) is 5.39. The van der Waals surface area contributed by atoms with Gasteiger partial charge in [0.05, 0.1) is 19.3 Å². The molecule has 0 radical (unpaired) electrons. The number of hydrogen-bond donors (Lipinski definition) is 3. The lowest BCUT2D eigenvalue weighted by molar-refractivity contribution is -0.0580. The van der Waals surface area contributed by atoms with E-state index in [1.165, 1.54) is 34.4 Å². The summed E-state index contributed by atoms with van der Waals surface area (Å²) in [4.78, 5) is 35.2. The molecule has 0 spiro atoms. The molecular formula is C21H23F2N10O8P2S+. The predicted molar refractivity (Wildman–Crippen MR) is 147 cm³/mol. The summed E-state index contributed by atoms with van der Waals surface area (Å²) in [5.41, 5.74) is 10.0. The maximum atomic E-state index is 16.6. The van der Waals surface area contributed by atoms with Gasteiger partial charge in [0.2, 0.25) is 0 Å². The molecule has 44 heavy (non-hydrogen) atoms. The van der Waals surface area contributed by atoms with Gasteiger partial charge in [-0.05, 0) is 18.7 Å². The SMILES string of the molecule is C[C@@]1(F)[C@@H]2OP(O)(=S)OC[C@H]3O[C@@H](n4cnc5c(N)ncnc54)[C@H](F)[C@@H]3O[P+](=O)OC[C@H]2O[C@H]1n1cnc2c(N)ncnc21. The number of rotatable bonds is 2. The molecule has 7 heterocycles. The fourth-order valence-corrected chi connectivity index (χ4v) is 7.66. The Labute approximate surface area is 251 Å². The molecule has 0 aliphatic carbocycles. The summed E-state index contributed by atoms with van der Waals surface area (Å²) in [6.07, 6.45) is -5.67. The van der Waals surface area contributed by atoms with Gasteiger partial charge in [-0.1, -0.05) is 0 Å². The minimum atomic E-state index is -4.26. The van der Waals surface area contributed by atoms with Crippen LogP contribution in [0.2, 0.25) is 0 Å². The number of anilines is 2. The summed E-state index contributed by atoms with van der Waals surface area (Å²) in [5.74, 6) is 0.128. The van der Waals surface area contributed by atoms with Crippen molar-refractivity contribution in [1.82, 2.24) is 39.0 Å². The number of hydrogen-bond acceptors (Lipinski definition) is 16. The molecule has 3 aliphatic rings. The molecule has 7 rings (SSSR count).